The molecule has 9 aromatic carbocycles. The van der Waals surface area contributed by atoms with Crippen molar-refractivity contribution in [2.24, 2.45) is 0 Å². The molecule has 3 nitrogen and oxygen atoms in total. The predicted molar refractivity (Wildman–Crippen MR) is 274 cm³/mol. The van der Waals surface area contributed by atoms with E-state index in [0.29, 0.717) is 0 Å². The molecule has 4 heterocycles. The quantitative estimate of drug-likeness (QED) is 0.165. The zero-order valence-corrected chi connectivity index (χ0v) is 37.3. The molecular weight excluding hydrogens is 800 g/mol. The summed E-state index contributed by atoms with van der Waals surface area (Å²) in [6, 6.07) is 69.6. The normalized spacial score (nSPS) is 15.5. The molecule has 0 bridgehead atoms. The third-order valence-corrected chi connectivity index (χ3v) is 16.2. The molecule has 4 heteroatoms. The van der Waals surface area contributed by atoms with Crippen molar-refractivity contribution in [1.29, 1.82) is 0 Å². The van der Waals surface area contributed by atoms with E-state index in [-0.39, 0.29) is 12.3 Å². The molecule has 5 aliphatic rings. The Morgan fingerprint density at radius 1 is 0.500 bits per heavy atom. The first-order valence-electron chi connectivity index (χ1n) is 23.9. The van der Waals surface area contributed by atoms with E-state index in [1.807, 2.05) is 0 Å². The first kappa shape index (κ1) is 36.7. The molecule has 312 valence electrons. The highest BCUT2D eigenvalue weighted by Gasteiger charge is 2.56. The van der Waals surface area contributed by atoms with E-state index in [1.165, 1.54) is 125 Å². The molecule has 0 unspecified atom stereocenters. The van der Waals surface area contributed by atoms with Gasteiger partial charge in [0.1, 0.15) is 11.2 Å². The number of aryl methyl sites for hydroxylation is 1. The average Bonchev–Trinajstić information content (AvgIpc) is 3.95. The van der Waals surface area contributed by atoms with E-state index in [2.05, 4.69) is 212 Å². The second-order valence-corrected chi connectivity index (χ2v) is 19.7. The van der Waals surface area contributed by atoms with Crippen LogP contribution < -0.4 is 20.6 Å². The Balaban J connectivity index is 1.12. The fraction of sp³-hybridized carbons (Fsp3) is 0.129. The Hall–Kier alpha value is -7.56. The lowest BCUT2D eigenvalue weighted by atomic mass is 9.42. The molecule has 0 saturated carbocycles. The molecule has 2 aliphatic carbocycles. The lowest BCUT2D eigenvalue weighted by Gasteiger charge is -2.52. The third-order valence-electron chi connectivity index (χ3n) is 16.2. The van der Waals surface area contributed by atoms with Crippen LogP contribution in [0.4, 0.5) is 28.4 Å². The molecule has 0 amide bonds. The molecule has 15 rings (SSSR count). The van der Waals surface area contributed by atoms with Crippen LogP contribution >= 0.6 is 0 Å². The van der Waals surface area contributed by atoms with Gasteiger partial charge in [-0.3, -0.25) is 0 Å². The topological polar surface area (TPSA) is 19.6 Å². The zero-order valence-electron chi connectivity index (χ0n) is 37.3. The minimum absolute atomic E-state index is 0.138. The van der Waals surface area contributed by atoms with Crippen LogP contribution in [0.3, 0.4) is 0 Å². The number of hydrogen-bond acceptors (Lipinski definition) is 3. The smallest absolute Gasteiger partial charge is 0.333 e. The van der Waals surface area contributed by atoms with Crippen molar-refractivity contribution in [1.82, 2.24) is 0 Å². The summed E-state index contributed by atoms with van der Waals surface area (Å²) >= 11 is 0. The number of anilines is 5. The molecule has 1 spiro atoms. The number of fused-ring (bicyclic) bond motifs is 20. The van der Waals surface area contributed by atoms with Crippen molar-refractivity contribution < 1.29 is 4.42 Å². The minimum atomic E-state index is -0.515. The highest BCUT2D eigenvalue weighted by atomic mass is 16.3. The van der Waals surface area contributed by atoms with Crippen LogP contribution in [0.15, 0.2) is 186 Å². The third kappa shape index (κ3) is 4.36. The van der Waals surface area contributed by atoms with Crippen LogP contribution in [-0.2, 0) is 17.3 Å². The zero-order chi connectivity index (χ0) is 43.6. The number of unbranched alkanes of at least 4 members (excludes halogenated alkanes) is 1. The maximum atomic E-state index is 6.81. The number of para-hydroxylation sites is 3. The van der Waals surface area contributed by atoms with Gasteiger partial charge in [-0.1, -0.05) is 167 Å². The van der Waals surface area contributed by atoms with E-state index < -0.39 is 5.41 Å². The highest BCUT2D eigenvalue weighted by molar-refractivity contribution is 6.94. The molecule has 0 saturated heterocycles. The van der Waals surface area contributed by atoms with E-state index in [1.54, 1.807) is 0 Å². The molecule has 1 aromatic heterocycles. The lowest BCUT2D eigenvalue weighted by molar-refractivity contribution is 0.660. The number of nitrogens with zero attached hydrogens (tertiary/aromatic N) is 2. The van der Waals surface area contributed by atoms with E-state index in [4.69, 9.17) is 4.42 Å². The van der Waals surface area contributed by atoms with Gasteiger partial charge in [0.15, 0.2) is 0 Å². The van der Waals surface area contributed by atoms with Crippen LogP contribution in [0.5, 0.6) is 0 Å². The maximum absolute atomic E-state index is 6.81. The summed E-state index contributed by atoms with van der Waals surface area (Å²) in [5.74, 6) is 0. The summed E-state index contributed by atoms with van der Waals surface area (Å²) < 4.78 is 6.81. The SMILES string of the molecule is CCCCc1ccc(N2B3c4cccc5c4N(c4ccccc4C54c5ccccc5-c5ccccc54)c4cc5c(c(c43)-c3cc4oc6ccccc6c4cc32)-c2ccccc2C5(C)C)cc1. The van der Waals surface area contributed by atoms with E-state index in [0.717, 1.165) is 28.4 Å². The van der Waals surface area contributed by atoms with E-state index >= 15 is 0 Å². The van der Waals surface area contributed by atoms with Gasteiger partial charge < -0.3 is 14.1 Å². The van der Waals surface area contributed by atoms with Crippen molar-refractivity contribution >= 4 is 68.1 Å². The number of furan rings is 1. The standard InChI is InChI=1S/C62H45BN2O/c1-4-5-17-37-30-32-38(33-31-37)65-53-34-43-41-20-9-15-29-55(41)66-56(43)35-44(53)58-57-42-21-8-10-22-45(42)61(2,3)50(57)36-54-59(58)63(65)51-27-16-26-49-60(51)64(54)52-28-14-13-25-48(52)62(49)46-23-11-6-18-39(46)40-19-7-12-24-47(40)62/h6-16,18-36H,4-5,17H2,1-3H3. The van der Waals surface area contributed by atoms with Gasteiger partial charge in [0, 0.05) is 44.5 Å². The summed E-state index contributed by atoms with van der Waals surface area (Å²) in [4.78, 5) is 5.38. The summed E-state index contributed by atoms with van der Waals surface area (Å²) in [7, 11) is 0. The first-order valence-corrected chi connectivity index (χ1v) is 23.9. The predicted octanol–water partition coefficient (Wildman–Crippen LogP) is 14.6. The highest BCUT2D eigenvalue weighted by Crippen LogP contribution is 2.65. The Bertz CT molecular complexity index is 3720. The minimum Gasteiger partial charge on any atom is -0.456 e. The maximum Gasteiger partial charge on any atom is 0.333 e. The number of rotatable bonds is 4. The monoisotopic (exact) mass is 844 g/mol. The lowest BCUT2D eigenvalue weighted by Crippen LogP contribution is -2.63. The van der Waals surface area contributed by atoms with Gasteiger partial charge in [0.05, 0.1) is 11.1 Å². The molecular formula is C62H45BN2O. The molecule has 66 heavy (non-hydrogen) atoms. The van der Waals surface area contributed by atoms with Gasteiger partial charge >= 0.3 is 6.85 Å². The number of hydrogen-bond donors (Lipinski definition) is 0. The molecule has 0 atom stereocenters. The van der Waals surface area contributed by atoms with Crippen molar-refractivity contribution in [3.63, 3.8) is 0 Å². The summed E-state index contributed by atoms with van der Waals surface area (Å²) in [6.45, 7) is 7.01. The summed E-state index contributed by atoms with van der Waals surface area (Å²) in [5, 5.41) is 2.29. The largest absolute Gasteiger partial charge is 0.456 e. The summed E-state index contributed by atoms with van der Waals surface area (Å²) in [6.07, 6.45) is 3.44. The van der Waals surface area contributed by atoms with Gasteiger partial charge in [-0.15, -0.1) is 0 Å². The van der Waals surface area contributed by atoms with Crippen molar-refractivity contribution in [3.05, 3.63) is 221 Å². The van der Waals surface area contributed by atoms with Crippen molar-refractivity contribution in [2.75, 3.05) is 9.71 Å². The van der Waals surface area contributed by atoms with Crippen LogP contribution in [0, 0.1) is 0 Å². The Kier molecular flexibility index (Phi) is 7.14. The number of benzene rings is 9. The fourth-order valence-electron chi connectivity index (χ4n) is 13.5. The van der Waals surface area contributed by atoms with Crippen molar-refractivity contribution in [3.8, 4) is 33.4 Å². The summed E-state index contributed by atoms with van der Waals surface area (Å²) in [5.41, 5.74) is 27.3. The molecule has 3 aliphatic heterocycles. The second-order valence-electron chi connectivity index (χ2n) is 19.7. The first-order chi connectivity index (χ1) is 32.5. The van der Waals surface area contributed by atoms with E-state index in [9.17, 15) is 0 Å². The van der Waals surface area contributed by atoms with Crippen LogP contribution in [0.2, 0.25) is 0 Å². The van der Waals surface area contributed by atoms with Crippen LogP contribution in [-0.4, -0.2) is 6.85 Å². The molecule has 0 fully saturated rings. The van der Waals surface area contributed by atoms with Crippen LogP contribution in [0.1, 0.15) is 72.6 Å². The van der Waals surface area contributed by atoms with Gasteiger partial charge in [0.2, 0.25) is 0 Å². The Morgan fingerprint density at radius 3 is 1.94 bits per heavy atom. The van der Waals surface area contributed by atoms with Crippen LogP contribution in [0.25, 0.3) is 55.3 Å². The fourth-order valence-corrected chi connectivity index (χ4v) is 13.5. The van der Waals surface area contributed by atoms with Crippen molar-refractivity contribution in [2.45, 2.75) is 50.9 Å². The second kappa shape index (κ2) is 12.8. The molecule has 0 N–H and O–H groups in total. The Labute approximate surface area is 385 Å². The van der Waals surface area contributed by atoms with Gasteiger partial charge in [0.25, 0.3) is 0 Å². The van der Waals surface area contributed by atoms with Gasteiger partial charge in [-0.25, -0.2) is 0 Å². The van der Waals surface area contributed by atoms with Gasteiger partial charge in [-0.2, -0.15) is 0 Å². The Morgan fingerprint density at radius 2 is 1.17 bits per heavy atom. The average molecular weight is 845 g/mol. The molecule has 10 aromatic rings. The van der Waals surface area contributed by atoms with Gasteiger partial charge in [-0.05, 0) is 133 Å². The molecule has 0 radical (unpaired) electrons.